The summed E-state index contributed by atoms with van der Waals surface area (Å²) in [7, 11) is 1.95. The molecule has 1 N–H and O–H groups in total. The molecule has 20 heavy (non-hydrogen) atoms. The highest BCUT2D eigenvalue weighted by atomic mass is 16.5. The maximum atomic E-state index is 10.6. The van der Waals surface area contributed by atoms with Crippen molar-refractivity contribution in [3.63, 3.8) is 0 Å². The molecule has 2 rings (SSSR count). The van der Waals surface area contributed by atoms with Crippen molar-refractivity contribution in [2.45, 2.75) is 39.3 Å². The van der Waals surface area contributed by atoms with E-state index in [9.17, 15) is 4.79 Å². The lowest BCUT2D eigenvalue weighted by atomic mass is 9.91. The van der Waals surface area contributed by atoms with Crippen molar-refractivity contribution in [2.24, 2.45) is 7.05 Å². The van der Waals surface area contributed by atoms with Gasteiger partial charge in [-0.15, -0.1) is 0 Å². The van der Waals surface area contributed by atoms with Crippen LogP contribution in [0, 0.1) is 13.8 Å². The van der Waals surface area contributed by atoms with Gasteiger partial charge in [-0.2, -0.15) is 5.10 Å². The van der Waals surface area contributed by atoms with Gasteiger partial charge in [-0.25, -0.2) is 4.79 Å². The maximum Gasteiger partial charge on any atom is 0.329 e. The average molecular weight is 281 g/mol. The van der Waals surface area contributed by atoms with Gasteiger partial charge in [0, 0.05) is 37.4 Å². The second-order valence-electron chi connectivity index (χ2n) is 5.92. The fourth-order valence-electron chi connectivity index (χ4n) is 2.99. The largest absolute Gasteiger partial charge is 0.480 e. The van der Waals surface area contributed by atoms with Crippen molar-refractivity contribution >= 4 is 5.97 Å². The SMILES string of the molecule is Cc1nn(C)c(C)c1C(C)N1CC(C)(OCC(=O)O)C1. The van der Waals surface area contributed by atoms with E-state index in [-0.39, 0.29) is 18.2 Å². The molecule has 0 amide bonds. The van der Waals surface area contributed by atoms with E-state index in [0.717, 1.165) is 18.8 Å². The first kappa shape index (κ1) is 15.0. The molecule has 1 aromatic heterocycles. The van der Waals surface area contributed by atoms with Crippen molar-refractivity contribution in [3.05, 3.63) is 17.0 Å². The second kappa shape index (κ2) is 5.18. The summed E-state index contributed by atoms with van der Waals surface area (Å²) in [5.41, 5.74) is 3.14. The number of hydrogen-bond donors (Lipinski definition) is 1. The van der Waals surface area contributed by atoms with Crippen molar-refractivity contribution < 1.29 is 14.6 Å². The number of rotatable bonds is 5. The van der Waals surface area contributed by atoms with Gasteiger partial charge in [0.2, 0.25) is 0 Å². The Morgan fingerprint density at radius 2 is 2.10 bits per heavy atom. The van der Waals surface area contributed by atoms with E-state index >= 15 is 0 Å². The smallest absolute Gasteiger partial charge is 0.329 e. The molecule has 6 heteroatoms. The fraction of sp³-hybridized carbons (Fsp3) is 0.714. The molecule has 0 aliphatic carbocycles. The van der Waals surface area contributed by atoms with E-state index in [4.69, 9.17) is 9.84 Å². The summed E-state index contributed by atoms with van der Waals surface area (Å²) in [6.07, 6.45) is 0. The number of carboxylic acid groups (broad SMARTS) is 1. The average Bonchev–Trinajstić information content (AvgIpc) is 2.56. The quantitative estimate of drug-likeness (QED) is 0.880. The highest BCUT2D eigenvalue weighted by molar-refractivity contribution is 5.68. The van der Waals surface area contributed by atoms with Gasteiger partial charge >= 0.3 is 5.97 Å². The van der Waals surface area contributed by atoms with Crippen molar-refractivity contribution in [1.29, 1.82) is 0 Å². The lowest BCUT2D eigenvalue weighted by Gasteiger charge is -2.50. The molecule has 1 aliphatic rings. The third-order valence-corrected chi connectivity index (χ3v) is 4.15. The second-order valence-corrected chi connectivity index (χ2v) is 5.92. The number of nitrogens with zero attached hydrogens (tertiary/aromatic N) is 3. The zero-order valence-corrected chi connectivity index (χ0v) is 12.8. The number of carbonyl (C=O) groups is 1. The summed E-state index contributed by atoms with van der Waals surface area (Å²) in [4.78, 5) is 12.9. The molecule has 1 unspecified atom stereocenters. The summed E-state index contributed by atoms with van der Waals surface area (Å²) < 4.78 is 7.35. The predicted octanol–water partition coefficient (Wildman–Crippen LogP) is 1.27. The molecular formula is C14H23N3O3. The van der Waals surface area contributed by atoms with Gasteiger partial charge in [0.1, 0.15) is 6.61 Å². The molecule has 0 aromatic carbocycles. The van der Waals surface area contributed by atoms with Crippen LogP contribution in [0.25, 0.3) is 0 Å². The van der Waals surface area contributed by atoms with Gasteiger partial charge in [0.05, 0.1) is 11.3 Å². The van der Waals surface area contributed by atoms with Crippen LogP contribution in [0.15, 0.2) is 0 Å². The summed E-state index contributed by atoms with van der Waals surface area (Å²) in [5.74, 6) is -0.920. The summed E-state index contributed by atoms with van der Waals surface area (Å²) in [6.45, 7) is 9.48. The van der Waals surface area contributed by atoms with Crippen molar-refractivity contribution in [3.8, 4) is 0 Å². The van der Waals surface area contributed by atoms with Crippen LogP contribution < -0.4 is 0 Å². The Labute approximate surface area is 119 Å². The minimum Gasteiger partial charge on any atom is -0.480 e. The molecule has 1 atom stereocenters. The Morgan fingerprint density at radius 1 is 1.50 bits per heavy atom. The monoisotopic (exact) mass is 281 g/mol. The molecular weight excluding hydrogens is 258 g/mol. The first-order chi connectivity index (χ1) is 9.23. The number of aliphatic carboxylic acids is 1. The normalized spacial score (nSPS) is 19.6. The molecule has 1 aromatic rings. The van der Waals surface area contributed by atoms with Gasteiger partial charge in [-0.1, -0.05) is 0 Å². The van der Waals surface area contributed by atoms with Crippen LogP contribution in [-0.4, -0.2) is 51.1 Å². The van der Waals surface area contributed by atoms with E-state index in [2.05, 4.69) is 23.8 Å². The Balaban J connectivity index is 2.00. The van der Waals surface area contributed by atoms with Crippen LogP contribution in [0.4, 0.5) is 0 Å². The van der Waals surface area contributed by atoms with Crippen LogP contribution in [0.2, 0.25) is 0 Å². The predicted molar refractivity (Wildman–Crippen MR) is 74.7 cm³/mol. The van der Waals surface area contributed by atoms with E-state index < -0.39 is 5.97 Å². The highest BCUT2D eigenvalue weighted by Gasteiger charge is 2.43. The Morgan fingerprint density at radius 3 is 2.55 bits per heavy atom. The molecule has 0 bridgehead atoms. The molecule has 0 radical (unpaired) electrons. The minimum atomic E-state index is -0.920. The van der Waals surface area contributed by atoms with Crippen molar-refractivity contribution in [2.75, 3.05) is 19.7 Å². The van der Waals surface area contributed by atoms with Crippen molar-refractivity contribution in [1.82, 2.24) is 14.7 Å². The van der Waals surface area contributed by atoms with Crippen LogP contribution in [-0.2, 0) is 16.6 Å². The van der Waals surface area contributed by atoms with Gasteiger partial charge in [0.25, 0.3) is 0 Å². The molecule has 1 aliphatic heterocycles. The molecule has 6 nitrogen and oxygen atoms in total. The van der Waals surface area contributed by atoms with Gasteiger partial charge < -0.3 is 9.84 Å². The zero-order valence-electron chi connectivity index (χ0n) is 12.8. The molecule has 1 saturated heterocycles. The summed E-state index contributed by atoms with van der Waals surface area (Å²) >= 11 is 0. The lowest BCUT2D eigenvalue weighted by Crippen LogP contribution is -2.62. The summed E-state index contributed by atoms with van der Waals surface area (Å²) in [5, 5.41) is 13.1. The minimum absolute atomic E-state index is 0.232. The fourth-order valence-corrected chi connectivity index (χ4v) is 2.99. The van der Waals surface area contributed by atoms with Gasteiger partial charge in [0.15, 0.2) is 0 Å². The number of ether oxygens (including phenoxy) is 1. The van der Waals surface area contributed by atoms with Gasteiger partial charge in [-0.05, 0) is 27.7 Å². The van der Waals surface area contributed by atoms with E-state index in [1.54, 1.807) is 0 Å². The Hall–Kier alpha value is -1.40. The number of hydrogen-bond acceptors (Lipinski definition) is 4. The highest BCUT2D eigenvalue weighted by Crippen LogP contribution is 2.35. The first-order valence-corrected chi connectivity index (χ1v) is 6.83. The summed E-state index contributed by atoms with van der Waals surface area (Å²) in [6, 6.07) is 0.269. The Bertz CT molecular complexity index is 518. The molecule has 0 saturated carbocycles. The molecule has 112 valence electrons. The van der Waals surface area contributed by atoms with E-state index in [0.29, 0.717) is 0 Å². The third kappa shape index (κ3) is 2.71. The molecule has 0 spiro atoms. The van der Waals surface area contributed by atoms with Crippen LogP contribution >= 0.6 is 0 Å². The van der Waals surface area contributed by atoms with Crippen LogP contribution in [0.1, 0.15) is 36.8 Å². The molecule has 1 fully saturated rings. The Kier molecular flexibility index (Phi) is 3.88. The molecule has 2 heterocycles. The number of likely N-dealkylation sites (tertiary alicyclic amines) is 1. The third-order valence-electron chi connectivity index (χ3n) is 4.15. The van der Waals surface area contributed by atoms with E-state index in [1.165, 1.54) is 11.3 Å². The first-order valence-electron chi connectivity index (χ1n) is 6.83. The number of aromatic nitrogens is 2. The van der Waals surface area contributed by atoms with Crippen LogP contribution in [0.3, 0.4) is 0 Å². The number of aryl methyl sites for hydroxylation is 2. The lowest BCUT2D eigenvalue weighted by molar-refractivity contribution is -0.169. The standard InChI is InChI=1S/C14H23N3O3/c1-9-13(10(2)16(5)15-9)11(3)17-7-14(4,8-17)20-6-12(18)19/h11H,6-8H2,1-5H3,(H,18,19). The zero-order chi connectivity index (χ0) is 15.1. The van der Waals surface area contributed by atoms with Gasteiger partial charge in [-0.3, -0.25) is 9.58 Å². The number of carboxylic acids is 1. The maximum absolute atomic E-state index is 10.6. The topological polar surface area (TPSA) is 67.6 Å². The van der Waals surface area contributed by atoms with E-state index in [1.807, 2.05) is 25.6 Å². The van der Waals surface area contributed by atoms with Crippen LogP contribution in [0.5, 0.6) is 0 Å².